The maximum absolute atomic E-state index is 12.6. The molecule has 1 N–H and O–H groups in total. The predicted molar refractivity (Wildman–Crippen MR) is 128 cm³/mol. The first-order valence-electron chi connectivity index (χ1n) is 10.7. The topological polar surface area (TPSA) is 102 Å². The number of amides is 1. The van der Waals surface area contributed by atoms with Crippen LogP contribution in [0, 0.1) is 11.3 Å². The Balaban J connectivity index is 1.36. The number of thioether (sulfide) groups is 1. The molecule has 0 saturated carbocycles. The molecule has 2 heterocycles. The van der Waals surface area contributed by atoms with Gasteiger partial charge in [0.25, 0.3) is 0 Å². The first-order chi connectivity index (χ1) is 16.0. The molecule has 0 radical (unpaired) electrons. The quantitative estimate of drug-likeness (QED) is 0.470. The summed E-state index contributed by atoms with van der Waals surface area (Å²) in [5, 5.41) is 22.2. The highest BCUT2D eigenvalue weighted by Crippen LogP contribution is 2.37. The Bertz CT molecular complexity index is 1180. The van der Waals surface area contributed by atoms with Gasteiger partial charge in [-0.15, -0.1) is 21.5 Å². The first kappa shape index (κ1) is 23.1. The fraction of sp³-hybridized carbons (Fsp3) is 0.391. The van der Waals surface area contributed by atoms with Gasteiger partial charge in [0.05, 0.1) is 18.4 Å². The zero-order valence-electron chi connectivity index (χ0n) is 18.8. The number of carbonyl (C=O) groups excluding carboxylic acids is 1. The molecule has 33 heavy (non-hydrogen) atoms. The summed E-state index contributed by atoms with van der Waals surface area (Å²) in [6.07, 6.45) is 3.80. The molecular weight excluding hydrogens is 458 g/mol. The van der Waals surface area contributed by atoms with Crippen LogP contribution in [0.4, 0.5) is 5.00 Å². The molecule has 0 bridgehead atoms. The van der Waals surface area contributed by atoms with Gasteiger partial charge in [0.1, 0.15) is 22.6 Å². The number of fused-ring (bicyclic) bond motifs is 1. The number of anilines is 1. The van der Waals surface area contributed by atoms with E-state index in [-0.39, 0.29) is 17.8 Å². The second-order valence-corrected chi connectivity index (χ2v) is 9.75. The number of nitriles is 1. The third-order valence-corrected chi connectivity index (χ3v) is 7.70. The number of hydrogen-bond acceptors (Lipinski definition) is 8. The maximum Gasteiger partial charge on any atom is 0.235 e. The number of aromatic nitrogens is 3. The van der Waals surface area contributed by atoms with Crippen LogP contribution < -0.4 is 14.8 Å². The van der Waals surface area contributed by atoms with Crippen LogP contribution in [-0.4, -0.2) is 33.5 Å². The zero-order valence-corrected chi connectivity index (χ0v) is 20.4. The van der Waals surface area contributed by atoms with Gasteiger partial charge in [-0.1, -0.05) is 11.8 Å². The van der Waals surface area contributed by atoms with Crippen LogP contribution >= 0.6 is 23.1 Å². The largest absolute Gasteiger partial charge is 0.497 e. The van der Waals surface area contributed by atoms with E-state index in [0.717, 1.165) is 37.0 Å². The standard InChI is InChI=1S/C23H25N5O3S2/c1-14(31-16-10-8-15(30-3)9-11-16)21-26-27-23(28(21)2)32-13-20(29)25-22-18(12-24)17-6-4-5-7-19(17)33-22/h8-11,14H,4-7,13H2,1-3H3,(H,25,29). The molecule has 0 spiro atoms. The van der Waals surface area contributed by atoms with Crippen molar-refractivity contribution < 1.29 is 14.3 Å². The van der Waals surface area contributed by atoms with Crippen molar-refractivity contribution in [2.75, 3.05) is 18.2 Å². The smallest absolute Gasteiger partial charge is 0.235 e. The van der Waals surface area contributed by atoms with Gasteiger partial charge in [-0.05, 0) is 62.4 Å². The number of methoxy groups -OCH3 is 1. The molecule has 1 aliphatic carbocycles. The molecule has 0 saturated heterocycles. The van der Waals surface area contributed by atoms with E-state index in [4.69, 9.17) is 9.47 Å². The molecule has 0 aliphatic heterocycles. The summed E-state index contributed by atoms with van der Waals surface area (Å²) >= 11 is 2.83. The lowest BCUT2D eigenvalue weighted by Gasteiger charge is -2.14. The van der Waals surface area contributed by atoms with Gasteiger partial charge in [0.15, 0.2) is 17.1 Å². The Morgan fingerprint density at radius 2 is 2.00 bits per heavy atom. The van der Waals surface area contributed by atoms with Gasteiger partial charge in [-0.2, -0.15) is 5.26 Å². The van der Waals surface area contributed by atoms with E-state index < -0.39 is 0 Å². The Hall–Kier alpha value is -3.03. The number of hydrogen-bond donors (Lipinski definition) is 1. The fourth-order valence-corrected chi connectivity index (χ4v) is 5.76. The Morgan fingerprint density at radius 3 is 2.73 bits per heavy atom. The van der Waals surface area contributed by atoms with Crippen LogP contribution in [-0.2, 0) is 24.7 Å². The van der Waals surface area contributed by atoms with Crippen molar-refractivity contribution in [3.63, 3.8) is 0 Å². The number of rotatable bonds is 8. The van der Waals surface area contributed by atoms with Gasteiger partial charge in [0.2, 0.25) is 5.91 Å². The van der Waals surface area contributed by atoms with E-state index >= 15 is 0 Å². The molecule has 0 fully saturated rings. The Morgan fingerprint density at radius 1 is 1.27 bits per heavy atom. The molecule has 3 aromatic rings. The van der Waals surface area contributed by atoms with Crippen molar-refractivity contribution >= 4 is 34.0 Å². The summed E-state index contributed by atoms with van der Waals surface area (Å²) in [7, 11) is 3.47. The lowest BCUT2D eigenvalue weighted by molar-refractivity contribution is -0.113. The summed E-state index contributed by atoms with van der Waals surface area (Å²) in [5.74, 6) is 2.13. The van der Waals surface area contributed by atoms with E-state index in [0.29, 0.717) is 27.3 Å². The van der Waals surface area contributed by atoms with Crippen molar-refractivity contribution in [2.45, 2.75) is 43.9 Å². The van der Waals surface area contributed by atoms with Crippen LogP contribution in [0.1, 0.15) is 47.7 Å². The third kappa shape index (κ3) is 5.15. The second kappa shape index (κ2) is 10.3. The highest BCUT2D eigenvalue weighted by Gasteiger charge is 2.22. The van der Waals surface area contributed by atoms with Gasteiger partial charge < -0.3 is 19.4 Å². The van der Waals surface area contributed by atoms with E-state index in [1.165, 1.54) is 28.0 Å². The molecule has 8 nitrogen and oxygen atoms in total. The number of nitrogens with zero attached hydrogens (tertiary/aromatic N) is 4. The number of aryl methyl sites for hydroxylation is 1. The van der Waals surface area contributed by atoms with Crippen molar-refractivity contribution in [3.8, 4) is 17.6 Å². The van der Waals surface area contributed by atoms with Gasteiger partial charge >= 0.3 is 0 Å². The highest BCUT2D eigenvalue weighted by molar-refractivity contribution is 7.99. The summed E-state index contributed by atoms with van der Waals surface area (Å²) in [4.78, 5) is 13.8. The number of ether oxygens (including phenoxy) is 2. The zero-order chi connectivity index (χ0) is 23.4. The fourth-order valence-electron chi connectivity index (χ4n) is 3.78. The Kier molecular flexibility index (Phi) is 7.20. The van der Waals surface area contributed by atoms with Crippen molar-refractivity contribution in [2.24, 2.45) is 7.05 Å². The molecule has 172 valence electrons. The van der Waals surface area contributed by atoms with Crippen LogP contribution in [0.15, 0.2) is 29.4 Å². The lowest BCUT2D eigenvalue weighted by Crippen LogP contribution is -2.15. The van der Waals surface area contributed by atoms with E-state index in [2.05, 4.69) is 21.6 Å². The number of benzene rings is 1. The predicted octanol–water partition coefficient (Wildman–Crippen LogP) is 4.51. The number of nitrogens with one attached hydrogen (secondary N) is 1. The molecule has 1 atom stereocenters. The van der Waals surface area contributed by atoms with E-state index in [9.17, 15) is 10.1 Å². The van der Waals surface area contributed by atoms with E-state index in [1.54, 1.807) is 7.11 Å². The molecule has 1 unspecified atom stereocenters. The molecule has 2 aromatic heterocycles. The van der Waals surface area contributed by atoms with Crippen molar-refractivity contribution in [1.82, 2.24) is 14.8 Å². The summed E-state index contributed by atoms with van der Waals surface area (Å²) < 4.78 is 13.0. The average molecular weight is 484 g/mol. The molecular formula is C23H25N5O3S2. The van der Waals surface area contributed by atoms with Crippen molar-refractivity contribution in [1.29, 1.82) is 5.26 Å². The van der Waals surface area contributed by atoms with Crippen molar-refractivity contribution in [3.05, 3.63) is 46.1 Å². The number of thiophene rings is 1. The molecule has 10 heteroatoms. The second-order valence-electron chi connectivity index (χ2n) is 7.70. The third-order valence-electron chi connectivity index (χ3n) is 5.47. The number of carbonyl (C=O) groups is 1. The molecule has 4 rings (SSSR count). The molecule has 1 aliphatic rings. The highest BCUT2D eigenvalue weighted by atomic mass is 32.2. The monoisotopic (exact) mass is 483 g/mol. The summed E-state index contributed by atoms with van der Waals surface area (Å²) in [6, 6.07) is 9.62. The molecule has 1 aromatic carbocycles. The van der Waals surface area contributed by atoms with Gasteiger partial charge in [-0.25, -0.2) is 0 Å². The summed E-state index contributed by atoms with van der Waals surface area (Å²) in [5.41, 5.74) is 1.74. The van der Waals surface area contributed by atoms with Crippen LogP contribution in [0.5, 0.6) is 11.5 Å². The summed E-state index contributed by atoms with van der Waals surface area (Å²) in [6.45, 7) is 1.90. The van der Waals surface area contributed by atoms with Crippen LogP contribution in [0.2, 0.25) is 0 Å². The van der Waals surface area contributed by atoms with Crippen LogP contribution in [0.25, 0.3) is 0 Å². The first-order valence-corrected chi connectivity index (χ1v) is 12.5. The Labute approximate surface area is 200 Å². The molecule has 1 amide bonds. The minimum absolute atomic E-state index is 0.165. The SMILES string of the molecule is COc1ccc(OC(C)c2nnc(SCC(=O)Nc3sc4c(c3C#N)CCCC4)n2C)cc1. The van der Waals surface area contributed by atoms with E-state index in [1.807, 2.05) is 42.8 Å². The maximum atomic E-state index is 12.6. The normalized spacial score (nSPS) is 13.6. The van der Waals surface area contributed by atoms with Crippen LogP contribution in [0.3, 0.4) is 0 Å². The van der Waals surface area contributed by atoms with Gasteiger partial charge in [0, 0.05) is 11.9 Å². The minimum Gasteiger partial charge on any atom is -0.497 e. The van der Waals surface area contributed by atoms with Gasteiger partial charge in [-0.3, -0.25) is 4.79 Å². The minimum atomic E-state index is -0.324. The average Bonchev–Trinajstić information content (AvgIpc) is 3.37. The lowest BCUT2D eigenvalue weighted by atomic mass is 9.96.